The maximum Gasteiger partial charge on any atom is 0.416 e. The number of halogens is 3. The molecule has 0 atom stereocenters. The third-order valence-electron chi connectivity index (χ3n) is 5.19. The fraction of sp³-hybridized carbons (Fsp3) is 0.261. The molecule has 0 radical (unpaired) electrons. The number of alkyl halides is 3. The van der Waals surface area contributed by atoms with E-state index in [4.69, 9.17) is 9.47 Å². The van der Waals surface area contributed by atoms with Crippen LogP contribution in [0.25, 0.3) is 10.2 Å². The van der Waals surface area contributed by atoms with Crippen LogP contribution in [0, 0.1) is 0 Å². The maximum atomic E-state index is 13.4. The van der Waals surface area contributed by atoms with Crippen LogP contribution in [0.4, 0.5) is 18.3 Å². The highest BCUT2D eigenvalue weighted by Gasteiger charge is 2.31. The second kappa shape index (κ2) is 9.72. The minimum Gasteiger partial charge on any atom is -0.495 e. The van der Waals surface area contributed by atoms with Crippen molar-refractivity contribution < 1.29 is 27.4 Å². The first-order chi connectivity index (χ1) is 16.3. The summed E-state index contributed by atoms with van der Waals surface area (Å²) in [5.74, 6) is 0.662. The summed E-state index contributed by atoms with van der Waals surface area (Å²) >= 11 is 1.25. The van der Waals surface area contributed by atoms with Gasteiger partial charge in [0.2, 0.25) is 0 Å². The molecule has 0 saturated heterocycles. The van der Waals surface area contributed by atoms with Crippen LogP contribution < -0.4 is 14.4 Å². The number of methoxy groups -OCH3 is 2. The lowest BCUT2D eigenvalue weighted by molar-refractivity contribution is -0.137. The standard InChI is InChI=1S/C23H21F3N4O3S/c1-32-17-8-9-18(33-2)20-19(17)28-22(34-20)30(12-3-11-29-13-10-27-14-29)21(31)15-4-6-16(7-5-15)23(24,25)26/h4-10,13-14H,3,11-12H2,1-2H3. The van der Waals surface area contributed by atoms with Gasteiger partial charge in [-0.05, 0) is 42.8 Å². The summed E-state index contributed by atoms with van der Waals surface area (Å²) in [6.45, 7) is 0.900. The van der Waals surface area contributed by atoms with Gasteiger partial charge >= 0.3 is 6.18 Å². The van der Waals surface area contributed by atoms with Gasteiger partial charge in [-0.25, -0.2) is 9.97 Å². The molecular weight excluding hydrogens is 469 g/mol. The summed E-state index contributed by atoms with van der Waals surface area (Å²) in [4.78, 5) is 23.5. The SMILES string of the molecule is COc1ccc(OC)c2sc(N(CCCn3ccnc3)C(=O)c3ccc(C(F)(F)F)cc3)nc12. The van der Waals surface area contributed by atoms with Gasteiger partial charge in [-0.3, -0.25) is 9.69 Å². The van der Waals surface area contributed by atoms with Gasteiger partial charge in [-0.15, -0.1) is 0 Å². The number of hydrogen-bond acceptors (Lipinski definition) is 6. The van der Waals surface area contributed by atoms with Crippen molar-refractivity contribution in [3.63, 3.8) is 0 Å². The van der Waals surface area contributed by atoms with Crippen molar-refractivity contribution in [2.75, 3.05) is 25.7 Å². The Bertz CT molecular complexity index is 1230. The number of imidazole rings is 1. The minimum absolute atomic E-state index is 0.133. The predicted molar refractivity (Wildman–Crippen MR) is 123 cm³/mol. The number of aryl methyl sites for hydroxylation is 1. The molecule has 34 heavy (non-hydrogen) atoms. The molecule has 4 rings (SSSR count). The van der Waals surface area contributed by atoms with E-state index in [9.17, 15) is 18.0 Å². The second-order valence-corrected chi connectivity index (χ2v) is 8.31. The monoisotopic (exact) mass is 490 g/mol. The molecular formula is C23H21F3N4O3S. The van der Waals surface area contributed by atoms with Gasteiger partial charge < -0.3 is 14.0 Å². The van der Waals surface area contributed by atoms with E-state index in [1.165, 1.54) is 42.6 Å². The molecule has 0 unspecified atom stereocenters. The van der Waals surface area contributed by atoms with Crippen molar-refractivity contribution in [1.82, 2.24) is 14.5 Å². The van der Waals surface area contributed by atoms with Crippen LogP contribution in [0.2, 0.25) is 0 Å². The number of nitrogens with zero attached hydrogens (tertiary/aromatic N) is 4. The van der Waals surface area contributed by atoms with Crippen molar-refractivity contribution >= 4 is 32.6 Å². The molecule has 0 N–H and O–H groups in total. The van der Waals surface area contributed by atoms with Crippen molar-refractivity contribution in [3.8, 4) is 11.5 Å². The molecule has 0 aliphatic carbocycles. The number of carbonyl (C=O) groups excluding carboxylic acids is 1. The van der Waals surface area contributed by atoms with E-state index in [-0.39, 0.29) is 5.56 Å². The van der Waals surface area contributed by atoms with E-state index in [0.717, 1.165) is 12.1 Å². The first kappa shape index (κ1) is 23.6. The third kappa shape index (κ3) is 4.84. The maximum absolute atomic E-state index is 13.4. The van der Waals surface area contributed by atoms with Crippen molar-refractivity contribution in [3.05, 3.63) is 66.2 Å². The van der Waals surface area contributed by atoms with Crippen LogP contribution in [-0.4, -0.2) is 41.2 Å². The Morgan fingerprint density at radius 3 is 2.41 bits per heavy atom. The lowest BCUT2D eigenvalue weighted by Gasteiger charge is -2.20. The topological polar surface area (TPSA) is 69.5 Å². The van der Waals surface area contributed by atoms with E-state index in [0.29, 0.717) is 46.4 Å². The van der Waals surface area contributed by atoms with Gasteiger partial charge in [0.05, 0.1) is 26.1 Å². The Hall–Kier alpha value is -3.60. The van der Waals surface area contributed by atoms with Gasteiger partial charge in [0, 0.05) is 31.0 Å². The highest BCUT2D eigenvalue weighted by Crippen LogP contribution is 2.40. The van der Waals surface area contributed by atoms with Crippen LogP contribution in [0.3, 0.4) is 0 Å². The lowest BCUT2D eigenvalue weighted by atomic mass is 10.1. The molecule has 0 aliphatic rings. The van der Waals surface area contributed by atoms with Gasteiger partial charge in [0.15, 0.2) is 5.13 Å². The number of hydrogen-bond donors (Lipinski definition) is 0. The number of ether oxygens (including phenoxy) is 2. The van der Waals surface area contributed by atoms with Crippen molar-refractivity contribution in [1.29, 1.82) is 0 Å². The molecule has 11 heteroatoms. The van der Waals surface area contributed by atoms with Gasteiger partial charge in [0.1, 0.15) is 21.7 Å². The Balaban J connectivity index is 1.69. The molecule has 7 nitrogen and oxygen atoms in total. The van der Waals surface area contributed by atoms with Crippen LogP contribution >= 0.6 is 11.3 Å². The minimum atomic E-state index is -4.48. The molecule has 1 amide bonds. The molecule has 2 aromatic heterocycles. The number of benzene rings is 2. The average molecular weight is 491 g/mol. The summed E-state index contributed by atoms with van der Waals surface area (Å²) in [6, 6.07) is 7.66. The smallest absolute Gasteiger partial charge is 0.416 e. The molecule has 4 aromatic rings. The first-order valence-corrected chi connectivity index (χ1v) is 11.1. The zero-order valence-electron chi connectivity index (χ0n) is 18.4. The van der Waals surface area contributed by atoms with Crippen molar-refractivity contribution in [2.24, 2.45) is 0 Å². The molecule has 0 spiro atoms. The predicted octanol–water partition coefficient (Wildman–Crippen LogP) is 5.27. The van der Waals surface area contributed by atoms with Crippen LogP contribution in [0.5, 0.6) is 11.5 Å². The summed E-state index contributed by atoms with van der Waals surface area (Å²) in [7, 11) is 3.06. The van der Waals surface area contributed by atoms with Gasteiger partial charge in [-0.1, -0.05) is 11.3 Å². The zero-order chi connectivity index (χ0) is 24.3. The highest BCUT2D eigenvalue weighted by molar-refractivity contribution is 7.22. The Kier molecular flexibility index (Phi) is 6.73. The van der Waals surface area contributed by atoms with E-state index < -0.39 is 17.6 Å². The van der Waals surface area contributed by atoms with E-state index in [2.05, 4.69) is 9.97 Å². The number of rotatable bonds is 8. The fourth-order valence-electron chi connectivity index (χ4n) is 3.46. The largest absolute Gasteiger partial charge is 0.495 e. The molecule has 2 aromatic carbocycles. The summed E-state index contributed by atoms with van der Waals surface area (Å²) < 4.78 is 52.3. The Morgan fingerprint density at radius 1 is 1.09 bits per heavy atom. The second-order valence-electron chi connectivity index (χ2n) is 7.33. The van der Waals surface area contributed by atoms with E-state index >= 15 is 0 Å². The molecule has 178 valence electrons. The van der Waals surface area contributed by atoms with E-state index in [1.54, 1.807) is 24.7 Å². The summed E-state index contributed by atoms with van der Waals surface area (Å²) in [5, 5.41) is 0.397. The Labute approximate surface area is 197 Å². The molecule has 0 bridgehead atoms. The summed E-state index contributed by atoms with van der Waals surface area (Å²) in [6.07, 6.45) is 1.25. The third-order valence-corrected chi connectivity index (χ3v) is 6.28. The van der Waals surface area contributed by atoms with Crippen LogP contribution in [0.15, 0.2) is 55.1 Å². The molecule has 0 saturated carbocycles. The average Bonchev–Trinajstić information content (AvgIpc) is 3.50. The molecule has 0 fully saturated rings. The van der Waals surface area contributed by atoms with Crippen LogP contribution in [0.1, 0.15) is 22.3 Å². The number of amides is 1. The molecule has 0 aliphatic heterocycles. The number of fused-ring (bicyclic) bond motifs is 1. The van der Waals surface area contributed by atoms with E-state index in [1.807, 2.05) is 10.8 Å². The normalized spacial score (nSPS) is 11.6. The van der Waals surface area contributed by atoms with Gasteiger partial charge in [-0.2, -0.15) is 13.2 Å². The summed E-state index contributed by atoms with van der Waals surface area (Å²) in [5.41, 5.74) is -0.138. The number of carbonyl (C=O) groups is 1. The number of anilines is 1. The highest BCUT2D eigenvalue weighted by atomic mass is 32.1. The van der Waals surface area contributed by atoms with Crippen LogP contribution in [-0.2, 0) is 12.7 Å². The number of thiazole rings is 1. The fourth-order valence-corrected chi connectivity index (χ4v) is 4.56. The first-order valence-electron chi connectivity index (χ1n) is 10.3. The van der Waals surface area contributed by atoms with Crippen molar-refractivity contribution in [2.45, 2.75) is 19.1 Å². The molecule has 2 heterocycles. The quantitative estimate of drug-likeness (QED) is 0.337. The Morgan fingerprint density at radius 2 is 1.79 bits per heavy atom. The zero-order valence-corrected chi connectivity index (χ0v) is 19.2. The number of aromatic nitrogens is 3. The lowest BCUT2D eigenvalue weighted by Crippen LogP contribution is -2.32. The van der Waals surface area contributed by atoms with Gasteiger partial charge in [0.25, 0.3) is 5.91 Å².